The highest BCUT2D eigenvalue weighted by molar-refractivity contribution is 7.92. The first-order valence-corrected chi connectivity index (χ1v) is 14.4. The maximum absolute atomic E-state index is 13.1. The third-order valence-corrected chi connectivity index (χ3v) is 9.16. The van der Waals surface area contributed by atoms with Crippen LogP contribution in [0.15, 0.2) is 101 Å². The third-order valence-electron chi connectivity index (χ3n) is 5.53. The Balaban J connectivity index is 1.49. The molecule has 1 saturated heterocycles. The molecule has 0 saturated carbocycles. The minimum absolute atomic E-state index is 0.0265. The molecule has 0 amide bonds. The molecule has 1 aliphatic rings. The molecule has 0 spiro atoms. The lowest BCUT2D eigenvalue weighted by Gasteiger charge is -2.20. The van der Waals surface area contributed by atoms with Gasteiger partial charge in [-0.15, -0.1) is 0 Å². The molecule has 7 nitrogen and oxygen atoms in total. The van der Waals surface area contributed by atoms with Gasteiger partial charge in [0.05, 0.1) is 15.8 Å². The number of halogens is 1. The molecule has 0 radical (unpaired) electrons. The minimum atomic E-state index is -3.75. The molecule has 184 valence electrons. The Bertz CT molecular complexity index is 1360. The molecule has 0 aliphatic carbocycles. The van der Waals surface area contributed by atoms with E-state index in [1.165, 1.54) is 41.5 Å². The highest BCUT2D eigenvalue weighted by atomic mass is 35.5. The van der Waals surface area contributed by atoms with Crippen LogP contribution in [0.5, 0.6) is 0 Å². The lowest BCUT2D eigenvalue weighted by atomic mass is 10.1. The number of hydrogen-bond acceptors (Lipinski definition) is 6. The van der Waals surface area contributed by atoms with E-state index in [1.807, 2.05) is 42.5 Å². The van der Waals surface area contributed by atoms with Gasteiger partial charge in [0.2, 0.25) is 19.9 Å². The number of sulfonamides is 1. The number of nitrogens with one attached hydrogen (secondary N) is 1. The van der Waals surface area contributed by atoms with E-state index < -0.39 is 25.3 Å². The molecule has 1 fully saturated rings. The van der Waals surface area contributed by atoms with Crippen molar-refractivity contribution in [3.8, 4) is 0 Å². The zero-order chi connectivity index (χ0) is 24.9. The highest BCUT2D eigenvalue weighted by Crippen LogP contribution is 2.30. The second-order valence-electron chi connectivity index (χ2n) is 7.96. The predicted molar refractivity (Wildman–Crippen MR) is 136 cm³/mol. The molecule has 4 rings (SSSR count). The van der Waals surface area contributed by atoms with Crippen LogP contribution in [0.3, 0.4) is 0 Å². The Labute approximate surface area is 210 Å². The largest absolute Gasteiger partial charge is 0.278 e. The van der Waals surface area contributed by atoms with Gasteiger partial charge in [0.15, 0.2) is 5.44 Å². The van der Waals surface area contributed by atoms with Crippen molar-refractivity contribution in [2.24, 2.45) is 0 Å². The van der Waals surface area contributed by atoms with E-state index in [2.05, 4.69) is 4.72 Å². The lowest BCUT2D eigenvalue weighted by Crippen LogP contribution is -2.36. The van der Waals surface area contributed by atoms with Gasteiger partial charge in [0, 0.05) is 24.5 Å². The van der Waals surface area contributed by atoms with Crippen LogP contribution in [0.25, 0.3) is 6.08 Å². The van der Waals surface area contributed by atoms with Gasteiger partial charge in [-0.3, -0.25) is 4.84 Å². The van der Waals surface area contributed by atoms with E-state index in [0.29, 0.717) is 5.02 Å². The molecular weight excluding hydrogens is 508 g/mol. The number of benzene rings is 3. The first-order chi connectivity index (χ1) is 16.8. The Hall–Kier alpha value is -2.53. The van der Waals surface area contributed by atoms with Crippen molar-refractivity contribution < 1.29 is 21.7 Å². The van der Waals surface area contributed by atoms with E-state index in [0.717, 1.165) is 5.56 Å². The second-order valence-corrected chi connectivity index (χ2v) is 12.2. The summed E-state index contributed by atoms with van der Waals surface area (Å²) in [5.41, 5.74) is -0.117. The molecule has 1 N–H and O–H groups in total. The van der Waals surface area contributed by atoms with Crippen molar-refractivity contribution in [1.82, 2.24) is 9.79 Å². The van der Waals surface area contributed by atoms with Crippen LogP contribution in [0.1, 0.15) is 12.0 Å². The Morgan fingerprint density at radius 3 is 2.17 bits per heavy atom. The van der Waals surface area contributed by atoms with Crippen molar-refractivity contribution in [1.29, 1.82) is 0 Å². The van der Waals surface area contributed by atoms with Crippen molar-refractivity contribution in [3.05, 3.63) is 102 Å². The van der Waals surface area contributed by atoms with Crippen LogP contribution in [0.4, 0.5) is 0 Å². The van der Waals surface area contributed by atoms with Crippen molar-refractivity contribution in [2.75, 3.05) is 13.1 Å². The second kappa shape index (κ2) is 11.0. The Morgan fingerprint density at radius 1 is 0.886 bits per heavy atom. The van der Waals surface area contributed by atoms with Gasteiger partial charge >= 0.3 is 0 Å². The summed E-state index contributed by atoms with van der Waals surface area (Å²) in [6.45, 7) is 0.177. The maximum atomic E-state index is 13.1. The fourth-order valence-electron chi connectivity index (χ4n) is 3.70. The van der Waals surface area contributed by atoms with Crippen molar-refractivity contribution in [3.63, 3.8) is 0 Å². The summed E-state index contributed by atoms with van der Waals surface area (Å²) < 4.78 is 54.0. The summed E-state index contributed by atoms with van der Waals surface area (Å²) in [6.07, 6.45) is 3.99. The summed E-state index contributed by atoms with van der Waals surface area (Å²) in [7, 11) is -7.49. The molecule has 2 atom stereocenters. The molecule has 10 heteroatoms. The van der Waals surface area contributed by atoms with E-state index in [-0.39, 0.29) is 35.3 Å². The van der Waals surface area contributed by atoms with E-state index in [9.17, 15) is 16.8 Å². The molecule has 0 aromatic heterocycles. The number of hydrogen-bond donors (Lipinski definition) is 1. The van der Waals surface area contributed by atoms with Crippen molar-refractivity contribution in [2.45, 2.75) is 27.7 Å². The summed E-state index contributed by atoms with van der Waals surface area (Å²) in [4.78, 5) is 6.13. The van der Waals surface area contributed by atoms with Gasteiger partial charge in [0.25, 0.3) is 0 Å². The van der Waals surface area contributed by atoms with Gasteiger partial charge in [0.1, 0.15) is 0 Å². The molecular formula is C25H25ClN2O5S2. The highest BCUT2D eigenvalue weighted by Gasteiger charge is 2.40. The molecule has 0 bridgehead atoms. The van der Waals surface area contributed by atoms with Gasteiger partial charge in [-0.05, 0) is 42.0 Å². The lowest BCUT2D eigenvalue weighted by molar-refractivity contribution is -0.133. The fourth-order valence-corrected chi connectivity index (χ4v) is 6.36. The van der Waals surface area contributed by atoms with Crippen LogP contribution in [-0.4, -0.2) is 46.5 Å². The van der Waals surface area contributed by atoms with E-state index in [1.54, 1.807) is 18.2 Å². The summed E-state index contributed by atoms with van der Waals surface area (Å²) in [5.74, 6) is 0. The topological polar surface area (TPSA) is 92.8 Å². The average molecular weight is 533 g/mol. The minimum Gasteiger partial charge on any atom is -0.278 e. The smallest absolute Gasteiger partial charge is 0.240 e. The van der Waals surface area contributed by atoms with Crippen LogP contribution in [0, 0.1) is 0 Å². The first-order valence-electron chi connectivity index (χ1n) is 11.0. The molecule has 1 aliphatic heterocycles. The van der Waals surface area contributed by atoms with Crippen molar-refractivity contribution >= 4 is 37.5 Å². The number of sulfone groups is 1. The first kappa shape index (κ1) is 25.6. The Kier molecular flexibility index (Phi) is 8.05. The normalized spacial score (nSPS) is 19.3. The van der Waals surface area contributed by atoms with Gasteiger partial charge in [-0.2, -0.15) is 5.06 Å². The monoisotopic (exact) mass is 532 g/mol. The zero-order valence-corrected chi connectivity index (χ0v) is 21.1. The van der Waals surface area contributed by atoms with E-state index in [4.69, 9.17) is 16.4 Å². The van der Waals surface area contributed by atoms with Crippen LogP contribution in [0.2, 0.25) is 5.02 Å². The third kappa shape index (κ3) is 6.38. The Morgan fingerprint density at radius 2 is 1.51 bits per heavy atom. The predicted octanol–water partition coefficient (Wildman–Crippen LogP) is 4.14. The SMILES string of the molecule is O=S(=O)(NCCN1O[C@@H](S(=O)(=O)c2ccccc2)C[C@H]1/C=C/c1ccccc1)c1ccc(Cl)cc1. The zero-order valence-electron chi connectivity index (χ0n) is 18.7. The summed E-state index contributed by atoms with van der Waals surface area (Å²) >= 11 is 5.84. The summed E-state index contributed by atoms with van der Waals surface area (Å²) in [5, 5.41) is 1.96. The quantitative estimate of drug-likeness (QED) is 0.445. The van der Waals surface area contributed by atoms with Gasteiger partial charge < -0.3 is 0 Å². The van der Waals surface area contributed by atoms with Crippen LogP contribution < -0.4 is 4.72 Å². The molecule has 3 aromatic carbocycles. The molecule has 35 heavy (non-hydrogen) atoms. The number of nitrogens with zero attached hydrogens (tertiary/aromatic N) is 1. The molecule has 0 unspecified atom stereocenters. The number of rotatable bonds is 9. The molecule has 3 aromatic rings. The van der Waals surface area contributed by atoms with E-state index >= 15 is 0 Å². The average Bonchev–Trinajstić information content (AvgIpc) is 3.28. The maximum Gasteiger partial charge on any atom is 0.240 e. The molecule has 1 heterocycles. The van der Waals surface area contributed by atoms with Crippen LogP contribution >= 0.6 is 11.6 Å². The number of hydroxylamine groups is 2. The van der Waals surface area contributed by atoms with Gasteiger partial charge in [-0.1, -0.05) is 72.3 Å². The van der Waals surface area contributed by atoms with Crippen LogP contribution in [-0.2, 0) is 24.7 Å². The summed E-state index contributed by atoms with van der Waals surface area (Å²) in [6, 6.07) is 23.3. The fraction of sp³-hybridized carbons (Fsp3) is 0.200. The standard InChI is InChI=1S/C25H25ClN2O5S2/c26-21-12-15-24(16-13-21)35(31,32)27-17-18-28-22(14-11-20-7-3-1-4-8-20)19-25(33-28)34(29,30)23-9-5-2-6-10-23/h1-16,22,25,27H,17-19H2/b14-11+/t22-,25+/m1/s1. The van der Waals surface area contributed by atoms with Gasteiger partial charge in [-0.25, -0.2) is 21.6 Å².